The van der Waals surface area contributed by atoms with Gasteiger partial charge in [-0.05, 0) is 43.2 Å². The SMILES string of the molecule is Cc1ccc2cc(COC(=O)CN3C(=O)C(=O)c4ccccc43)c(Cl)nc2c1C. The van der Waals surface area contributed by atoms with Crippen molar-refractivity contribution in [2.45, 2.75) is 20.5 Å². The maximum atomic E-state index is 12.3. The fourth-order valence-corrected chi connectivity index (χ4v) is 3.54. The van der Waals surface area contributed by atoms with E-state index in [1.54, 1.807) is 24.3 Å². The number of benzene rings is 2. The maximum absolute atomic E-state index is 12.3. The average Bonchev–Trinajstić information content (AvgIpc) is 2.95. The van der Waals surface area contributed by atoms with Crippen LogP contribution in [0.15, 0.2) is 42.5 Å². The number of aromatic nitrogens is 1. The third kappa shape index (κ3) is 3.36. The second kappa shape index (κ2) is 7.29. The molecule has 0 N–H and O–H groups in total. The van der Waals surface area contributed by atoms with E-state index in [0.29, 0.717) is 11.3 Å². The maximum Gasteiger partial charge on any atom is 0.326 e. The van der Waals surface area contributed by atoms with Crippen molar-refractivity contribution in [3.63, 3.8) is 0 Å². The molecule has 7 heteroatoms. The molecule has 2 aromatic carbocycles. The van der Waals surface area contributed by atoms with Gasteiger partial charge in [0.05, 0.1) is 16.8 Å². The number of esters is 1. The predicted molar refractivity (Wildman–Crippen MR) is 109 cm³/mol. The molecule has 0 spiro atoms. The Bertz CT molecular complexity index is 1190. The first-order valence-corrected chi connectivity index (χ1v) is 9.41. The zero-order valence-electron chi connectivity index (χ0n) is 15.9. The van der Waals surface area contributed by atoms with Crippen LogP contribution in [0.5, 0.6) is 0 Å². The summed E-state index contributed by atoms with van der Waals surface area (Å²) in [5.41, 5.74) is 4.24. The lowest BCUT2D eigenvalue weighted by Gasteiger charge is -2.16. The first-order chi connectivity index (χ1) is 13.9. The molecule has 1 aliphatic heterocycles. The number of Topliss-reactive ketones (excluding diaryl/α,β-unsaturated/α-hetero) is 1. The second-order valence-electron chi connectivity index (χ2n) is 6.92. The molecular weight excluding hydrogens is 392 g/mol. The van der Waals surface area contributed by atoms with Gasteiger partial charge in [-0.25, -0.2) is 4.98 Å². The quantitative estimate of drug-likeness (QED) is 0.373. The number of ether oxygens (including phenoxy) is 1. The molecule has 0 saturated carbocycles. The summed E-state index contributed by atoms with van der Waals surface area (Å²) < 4.78 is 5.30. The number of anilines is 1. The molecule has 0 unspecified atom stereocenters. The van der Waals surface area contributed by atoms with E-state index in [0.717, 1.165) is 26.9 Å². The number of carbonyl (C=O) groups is 3. The van der Waals surface area contributed by atoms with Gasteiger partial charge in [0.1, 0.15) is 18.3 Å². The van der Waals surface area contributed by atoms with E-state index in [4.69, 9.17) is 16.3 Å². The molecule has 0 aliphatic carbocycles. The van der Waals surface area contributed by atoms with E-state index in [-0.39, 0.29) is 23.9 Å². The summed E-state index contributed by atoms with van der Waals surface area (Å²) in [7, 11) is 0. The van der Waals surface area contributed by atoms with Gasteiger partial charge in [0.2, 0.25) is 0 Å². The van der Waals surface area contributed by atoms with E-state index in [9.17, 15) is 14.4 Å². The van der Waals surface area contributed by atoms with E-state index >= 15 is 0 Å². The van der Waals surface area contributed by atoms with Crippen LogP contribution in [0, 0.1) is 13.8 Å². The standard InChI is InChI=1S/C22H17ClN2O4/c1-12-7-8-14-9-15(21(23)24-19(14)13(12)2)11-29-18(26)10-25-17-6-4-3-5-16(17)20(27)22(25)28/h3-9H,10-11H2,1-2H3. The Kier molecular flexibility index (Phi) is 4.80. The summed E-state index contributed by atoms with van der Waals surface area (Å²) in [6, 6.07) is 12.3. The average molecular weight is 409 g/mol. The molecule has 4 rings (SSSR count). The molecule has 1 amide bonds. The van der Waals surface area contributed by atoms with E-state index in [2.05, 4.69) is 4.98 Å². The Morgan fingerprint density at radius 1 is 1.14 bits per heavy atom. The molecule has 6 nitrogen and oxygen atoms in total. The number of ketones is 1. The number of amides is 1. The Morgan fingerprint density at radius 2 is 1.90 bits per heavy atom. The number of pyridine rings is 1. The molecule has 2 heterocycles. The van der Waals surface area contributed by atoms with Crippen LogP contribution < -0.4 is 4.90 Å². The minimum absolute atomic E-state index is 0.0782. The molecule has 0 bridgehead atoms. The van der Waals surface area contributed by atoms with Gasteiger partial charge in [0, 0.05) is 10.9 Å². The van der Waals surface area contributed by atoms with Crippen molar-refractivity contribution in [2.75, 3.05) is 11.4 Å². The number of fused-ring (bicyclic) bond motifs is 2. The van der Waals surface area contributed by atoms with Crippen molar-refractivity contribution >= 4 is 45.9 Å². The molecular formula is C22H17ClN2O4. The summed E-state index contributed by atoms with van der Waals surface area (Å²) in [5.74, 6) is -2.00. The summed E-state index contributed by atoms with van der Waals surface area (Å²) in [6.45, 7) is 3.55. The number of hydrogen-bond donors (Lipinski definition) is 0. The van der Waals surface area contributed by atoms with Gasteiger partial charge in [-0.1, -0.05) is 35.9 Å². The molecule has 146 valence electrons. The fourth-order valence-electron chi connectivity index (χ4n) is 3.34. The highest BCUT2D eigenvalue weighted by atomic mass is 35.5. The van der Waals surface area contributed by atoms with Crippen LogP contribution >= 0.6 is 11.6 Å². The van der Waals surface area contributed by atoms with Crippen molar-refractivity contribution in [1.29, 1.82) is 0 Å². The first-order valence-electron chi connectivity index (χ1n) is 9.03. The van der Waals surface area contributed by atoms with E-state index < -0.39 is 17.7 Å². The monoisotopic (exact) mass is 408 g/mol. The third-order valence-electron chi connectivity index (χ3n) is 5.09. The molecule has 1 aliphatic rings. The Hall–Kier alpha value is -3.25. The summed E-state index contributed by atoms with van der Waals surface area (Å²) in [6.07, 6.45) is 0. The lowest BCUT2D eigenvalue weighted by atomic mass is 10.0. The number of aryl methyl sites for hydroxylation is 2. The minimum Gasteiger partial charge on any atom is -0.459 e. The summed E-state index contributed by atoms with van der Waals surface area (Å²) in [4.78, 5) is 42.1. The van der Waals surface area contributed by atoms with Crippen molar-refractivity contribution in [1.82, 2.24) is 4.98 Å². The lowest BCUT2D eigenvalue weighted by molar-refractivity contribution is -0.143. The van der Waals surface area contributed by atoms with Crippen molar-refractivity contribution in [2.24, 2.45) is 0 Å². The van der Waals surface area contributed by atoms with Gasteiger partial charge in [-0.2, -0.15) is 0 Å². The van der Waals surface area contributed by atoms with E-state index in [1.807, 2.05) is 32.0 Å². The smallest absolute Gasteiger partial charge is 0.326 e. The van der Waals surface area contributed by atoms with Crippen LogP contribution in [0.3, 0.4) is 0 Å². The van der Waals surface area contributed by atoms with Crippen LogP contribution in [0.25, 0.3) is 10.9 Å². The topological polar surface area (TPSA) is 76.6 Å². The van der Waals surface area contributed by atoms with Gasteiger partial charge in [-0.3, -0.25) is 19.3 Å². The van der Waals surface area contributed by atoms with Gasteiger partial charge >= 0.3 is 5.97 Å². The van der Waals surface area contributed by atoms with Gasteiger partial charge in [0.15, 0.2) is 0 Å². The predicted octanol–water partition coefficient (Wildman–Crippen LogP) is 3.78. The number of carbonyl (C=O) groups excluding carboxylic acids is 3. The van der Waals surface area contributed by atoms with Gasteiger partial charge < -0.3 is 4.74 Å². The number of halogens is 1. The molecule has 0 radical (unpaired) electrons. The molecule has 1 aromatic heterocycles. The van der Waals surface area contributed by atoms with Crippen molar-refractivity contribution in [3.8, 4) is 0 Å². The Labute approximate surface area is 172 Å². The van der Waals surface area contributed by atoms with Gasteiger partial charge in [0.25, 0.3) is 11.7 Å². The fraction of sp³-hybridized carbons (Fsp3) is 0.182. The van der Waals surface area contributed by atoms with Crippen LogP contribution in [-0.4, -0.2) is 29.2 Å². The molecule has 3 aromatic rings. The molecule has 29 heavy (non-hydrogen) atoms. The van der Waals surface area contributed by atoms with Crippen LogP contribution in [0.4, 0.5) is 5.69 Å². The number of para-hydroxylation sites is 1. The normalized spacial score (nSPS) is 13.1. The van der Waals surface area contributed by atoms with Crippen LogP contribution in [0.1, 0.15) is 27.0 Å². The van der Waals surface area contributed by atoms with Crippen molar-refractivity contribution < 1.29 is 19.1 Å². The first kappa shape index (κ1) is 19.1. The van der Waals surface area contributed by atoms with Crippen LogP contribution in [-0.2, 0) is 20.9 Å². The van der Waals surface area contributed by atoms with E-state index in [1.165, 1.54) is 0 Å². The van der Waals surface area contributed by atoms with Crippen LogP contribution in [0.2, 0.25) is 5.15 Å². The Balaban J connectivity index is 1.49. The van der Waals surface area contributed by atoms with Gasteiger partial charge in [-0.15, -0.1) is 0 Å². The molecule has 0 atom stereocenters. The number of nitrogens with zero attached hydrogens (tertiary/aromatic N) is 2. The number of rotatable bonds is 4. The minimum atomic E-state index is -0.737. The summed E-state index contributed by atoms with van der Waals surface area (Å²) >= 11 is 6.28. The lowest BCUT2D eigenvalue weighted by Crippen LogP contribution is -2.35. The highest BCUT2D eigenvalue weighted by Crippen LogP contribution is 2.29. The molecule has 0 fully saturated rings. The zero-order valence-corrected chi connectivity index (χ0v) is 16.6. The highest BCUT2D eigenvalue weighted by Gasteiger charge is 2.36. The second-order valence-corrected chi connectivity index (χ2v) is 7.27. The Morgan fingerprint density at radius 3 is 2.69 bits per heavy atom. The summed E-state index contributed by atoms with van der Waals surface area (Å²) in [5, 5.41) is 1.16. The zero-order chi connectivity index (χ0) is 20.7. The third-order valence-corrected chi connectivity index (χ3v) is 5.42. The number of hydrogen-bond acceptors (Lipinski definition) is 5. The molecule has 0 saturated heterocycles. The highest BCUT2D eigenvalue weighted by molar-refractivity contribution is 6.52. The largest absolute Gasteiger partial charge is 0.459 e. The van der Waals surface area contributed by atoms with Crippen molar-refractivity contribution in [3.05, 3.63) is 69.9 Å².